The highest BCUT2D eigenvalue weighted by Crippen LogP contribution is 2.26. The van der Waals surface area contributed by atoms with Gasteiger partial charge in [-0.1, -0.05) is 32.0 Å². The Balaban J connectivity index is 1.67. The van der Waals surface area contributed by atoms with Crippen molar-refractivity contribution < 1.29 is 9.59 Å². The molecule has 6 heteroatoms. The molecule has 2 aromatic rings. The number of carbonyl (C=O) groups is 2. The number of nitrogens with zero attached hydrogens (tertiary/aromatic N) is 3. The van der Waals surface area contributed by atoms with Gasteiger partial charge in [0.15, 0.2) is 0 Å². The summed E-state index contributed by atoms with van der Waals surface area (Å²) >= 11 is 0. The molecule has 6 nitrogen and oxygen atoms in total. The average molecular weight is 352 g/mol. The third kappa shape index (κ3) is 4.02. The first-order chi connectivity index (χ1) is 12.6. The normalized spacial score (nSPS) is 14.4. The Morgan fingerprint density at radius 2 is 1.85 bits per heavy atom. The van der Waals surface area contributed by atoms with Gasteiger partial charge in [0.1, 0.15) is 5.82 Å². The molecule has 2 amide bonds. The molecule has 0 bridgehead atoms. The van der Waals surface area contributed by atoms with E-state index in [1.54, 1.807) is 22.1 Å². The number of hydrogen-bond donors (Lipinski definition) is 1. The van der Waals surface area contributed by atoms with Gasteiger partial charge < -0.3 is 15.1 Å². The summed E-state index contributed by atoms with van der Waals surface area (Å²) in [6.45, 7) is 6.57. The van der Waals surface area contributed by atoms with Crippen molar-refractivity contribution in [2.24, 2.45) is 0 Å². The van der Waals surface area contributed by atoms with Crippen molar-refractivity contribution in [1.82, 2.24) is 14.8 Å². The lowest BCUT2D eigenvalue weighted by molar-refractivity contribution is -0.119. The van der Waals surface area contributed by atoms with E-state index in [9.17, 15) is 9.59 Å². The van der Waals surface area contributed by atoms with Crippen LogP contribution in [0.3, 0.4) is 0 Å². The first kappa shape index (κ1) is 17.9. The van der Waals surface area contributed by atoms with Gasteiger partial charge in [0.05, 0.1) is 5.56 Å². The standard InChI is InChI=1S/C20H24N4O2/c1-15(2)17-5-3-4-6-18(17)22-19-8-7-16(13-21-19)20(26)24-11-9-23(14-25)10-12-24/h3-8,13-15H,9-12H2,1-2H3,(H,21,22). The molecule has 2 heterocycles. The van der Waals surface area contributed by atoms with E-state index >= 15 is 0 Å². The van der Waals surface area contributed by atoms with Crippen LogP contribution in [0.1, 0.15) is 35.7 Å². The quantitative estimate of drug-likeness (QED) is 0.841. The van der Waals surface area contributed by atoms with E-state index in [4.69, 9.17) is 0 Å². The van der Waals surface area contributed by atoms with Gasteiger partial charge >= 0.3 is 0 Å². The SMILES string of the molecule is CC(C)c1ccccc1Nc1ccc(C(=O)N2CCN(C=O)CC2)cn1. The summed E-state index contributed by atoms with van der Waals surface area (Å²) < 4.78 is 0. The zero-order valence-electron chi connectivity index (χ0n) is 15.2. The van der Waals surface area contributed by atoms with Crippen LogP contribution in [0.5, 0.6) is 0 Å². The molecular weight excluding hydrogens is 328 g/mol. The van der Waals surface area contributed by atoms with Crippen LogP contribution >= 0.6 is 0 Å². The lowest BCUT2D eigenvalue weighted by atomic mass is 10.0. The summed E-state index contributed by atoms with van der Waals surface area (Å²) in [6, 6.07) is 11.8. The maximum Gasteiger partial charge on any atom is 0.255 e. The van der Waals surface area contributed by atoms with E-state index in [0.717, 1.165) is 12.1 Å². The Labute approximate surface area is 153 Å². The highest BCUT2D eigenvalue weighted by Gasteiger charge is 2.21. The average Bonchev–Trinajstić information content (AvgIpc) is 2.68. The van der Waals surface area contributed by atoms with E-state index < -0.39 is 0 Å². The smallest absolute Gasteiger partial charge is 0.255 e. The van der Waals surface area contributed by atoms with Gasteiger partial charge in [-0.25, -0.2) is 4.98 Å². The maximum atomic E-state index is 12.6. The lowest BCUT2D eigenvalue weighted by Crippen LogP contribution is -2.48. The molecule has 0 saturated carbocycles. The fourth-order valence-electron chi connectivity index (χ4n) is 3.06. The predicted molar refractivity (Wildman–Crippen MR) is 102 cm³/mol. The number of hydrogen-bond acceptors (Lipinski definition) is 4. The third-order valence-corrected chi connectivity index (χ3v) is 4.61. The summed E-state index contributed by atoms with van der Waals surface area (Å²) in [5.74, 6) is 1.07. The Kier molecular flexibility index (Phi) is 5.51. The van der Waals surface area contributed by atoms with Crippen LogP contribution in [0.2, 0.25) is 0 Å². The van der Waals surface area contributed by atoms with Crippen molar-refractivity contribution in [3.05, 3.63) is 53.7 Å². The zero-order chi connectivity index (χ0) is 18.5. The highest BCUT2D eigenvalue weighted by atomic mass is 16.2. The molecule has 0 radical (unpaired) electrons. The van der Waals surface area contributed by atoms with Crippen molar-refractivity contribution in [3.63, 3.8) is 0 Å². The number of nitrogens with one attached hydrogen (secondary N) is 1. The van der Waals surface area contributed by atoms with Crippen LogP contribution in [0.15, 0.2) is 42.6 Å². The molecule has 1 saturated heterocycles. The van der Waals surface area contributed by atoms with Gasteiger partial charge in [-0.2, -0.15) is 0 Å². The van der Waals surface area contributed by atoms with Crippen LogP contribution in [0.4, 0.5) is 11.5 Å². The number of rotatable bonds is 5. The summed E-state index contributed by atoms with van der Waals surface area (Å²) in [4.78, 5) is 31.2. The molecule has 0 atom stereocenters. The van der Waals surface area contributed by atoms with Gasteiger partial charge in [-0.05, 0) is 29.7 Å². The number of para-hydroxylation sites is 1. The fourth-order valence-corrected chi connectivity index (χ4v) is 3.06. The number of pyridine rings is 1. The van der Waals surface area contributed by atoms with Crippen LogP contribution in [-0.2, 0) is 4.79 Å². The minimum Gasteiger partial charge on any atom is -0.342 e. The first-order valence-electron chi connectivity index (χ1n) is 8.89. The predicted octanol–water partition coefficient (Wildman–Crippen LogP) is 2.86. The molecule has 1 aliphatic rings. The number of piperazine rings is 1. The van der Waals surface area contributed by atoms with Gasteiger partial charge in [0.2, 0.25) is 6.41 Å². The highest BCUT2D eigenvalue weighted by molar-refractivity contribution is 5.94. The summed E-state index contributed by atoms with van der Waals surface area (Å²) in [6.07, 6.45) is 2.44. The fraction of sp³-hybridized carbons (Fsp3) is 0.350. The largest absolute Gasteiger partial charge is 0.342 e. The Morgan fingerprint density at radius 3 is 2.46 bits per heavy atom. The maximum absolute atomic E-state index is 12.6. The Hall–Kier alpha value is -2.89. The van der Waals surface area contributed by atoms with Crippen LogP contribution in [0, 0.1) is 0 Å². The molecule has 26 heavy (non-hydrogen) atoms. The van der Waals surface area contributed by atoms with Crippen molar-refractivity contribution >= 4 is 23.8 Å². The Bertz CT molecular complexity index is 766. The number of amides is 2. The van der Waals surface area contributed by atoms with E-state index in [-0.39, 0.29) is 5.91 Å². The van der Waals surface area contributed by atoms with Crippen LogP contribution in [0.25, 0.3) is 0 Å². The molecule has 1 aromatic carbocycles. The van der Waals surface area contributed by atoms with Gasteiger partial charge in [-0.3, -0.25) is 9.59 Å². The number of carbonyl (C=O) groups excluding carboxylic acids is 2. The minimum atomic E-state index is -0.0443. The van der Waals surface area contributed by atoms with Crippen molar-refractivity contribution in [2.45, 2.75) is 19.8 Å². The first-order valence-corrected chi connectivity index (χ1v) is 8.89. The van der Waals surface area contributed by atoms with Gasteiger partial charge in [-0.15, -0.1) is 0 Å². The van der Waals surface area contributed by atoms with Gasteiger partial charge in [0, 0.05) is 38.1 Å². The van der Waals surface area contributed by atoms with Crippen LogP contribution < -0.4 is 5.32 Å². The molecule has 136 valence electrons. The second kappa shape index (κ2) is 7.99. The topological polar surface area (TPSA) is 65.5 Å². The molecular formula is C20H24N4O2. The Morgan fingerprint density at radius 1 is 1.12 bits per heavy atom. The monoisotopic (exact) mass is 352 g/mol. The van der Waals surface area contributed by atoms with Crippen molar-refractivity contribution in [2.75, 3.05) is 31.5 Å². The second-order valence-corrected chi connectivity index (χ2v) is 6.73. The molecule has 1 fully saturated rings. The number of aromatic nitrogens is 1. The van der Waals surface area contributed by atoms with E-state index in [1.165, 1.54) is 5.56 Å². The van der Waals surface area contributed by atoms with E-state index in [1.807, 2.05) is 24.3 Å². The van der Waals surface area contributed by atoms with Crippen molar-refractivity contribution in [3.8, 4) is 0 Å². The molecule has 3 rings (SSSR count). The number of anilines is 2. The lowest BCUT2D eigenvalue weighted by Gasteiger charge is -2.32. The summed E-state index contributed by atoms with van der Waals surface area (Å²) in [5.41, 5.74) is 2.81. The molecule has 1 aromatic heterocycles. The second-order valence-electron chi connectivity index (χ2n) is 6.73. The number of benzene rings is 1. The third-order valence-electron chi connectivity index (χ3n) is 4.61. The molecule has 0 unspecified atom stereocenters. The summed E-state index contributed by atoms with van der Waals surface area (Å²) in [7, 11) is 0. The van der Waals surface area contributed by atoms with Crippen LogP contribution in [-0.4, -0.2) is 53.3 Å². The summed E-state index contributed by atoms with van der Waals surface area (Å²) in [5, 5.41) is 3.33. The zero-order valence-corrected chi connectivity index (χ0v) is 15.2. The van der Waals surface area contributed by atoms with Gasteiger partial charge in [0.25, 0.3) is 5.91 Å². The van der Waals surface area contributed by atoms with E-state index in [2.05, 4.69) is 30.2 Å². The van der Waals surface area contributed by atoms with Crippen molar-refractivity contribution in [1.29, 1.82) is 0 Å². The molecule has 0 spiro atoms. The minimum absolute atomic E-state index is 0.0443. The molecule has 1 N–H and O–H groups in total. The molecule has 1 aliphatic heterocycles. The van der Waals surface area contributed by atoms with E-state index in [0.29, 0.717) is 43.5 Å². The molecule has 0 aliphatic carbocycles.